The molecule has 1 unspecified atom stereocenters. The van der Waals surface area contributed by atoms with Gasteiger partial charge in [0.1, 0.15) is 11.3 Å². The summed E-state index contributed by atoms with van der Waals surface area (Å²) < 4.78 is 6.25. The lowest BCUT2D eigenvalue weighted by Crippen LogP contribution is -2.21. The smallest absolute Gasteiger partial charge is 0.174 e. The molecule has 2 heterocycles. The van der Waals surface area contributed by atoms with E-state index in [-0.39, 0.29) is 0 Å². The van der Waals surface area contributed by atoms with E-state index >= 15 is 0 Å². The van der Waals surface area contributed by atoms with Crippen LogP contribution in [0.5, 0.6) is 0 Å². The van der Waals surface area contributed by atoms with Crippen LogP contribution in [0.1, 0.15) is 12.7 Å². The molecule has 0 aromatic carbocycles. The summed E-state index contributed by atoms with van der Waals surface area (Å²) in [5.41, 5.74) is 1.76. The lowest BCUT2D eigenvalue weighted by molar-refractivity contribution is 0.484. The van der Waals surface area contributed by atoms with Crippen LogP contribution in [-0.4, -0.2) is 22.0 Å². The summed E-state index contributed by atoms with van der Waals surface area (Å²) in [5.74, 6) is 0.966. The molecule has 4 nitrogen and oxygen atoms in total. The maximum atomic E-state index is 5.23. The monoisotopic (exact) mass is 255 g/mol. The number of rotatable bonds is 6. The van der Waals surface area contributed by atoms with E-state index in [0.717, 1.165) is 23.2 Å². The maximum Gasteiger partial charge on any atom is 0.174 e. The first-order valence-corrected chi connectivity index (χ1v) is 6.76. The Morgan fingerprint density at radius 1 is 1.62 bits per heavy atom. The van der Waals surface area contributed by atoms with E-state index in [4.69, 9.17) is 4.42 Å². The Labute approximate surface area is 102 Å². The number of hydrogen-bond donors (Lipinski definition) is 1. The van der Waals surface area contributed by atoms with Crippen LogP contribution in [0.25, 0.3) is 0 Å². The van der Waals surface area contributed by atoms with Crippen molar-refractivity contribution in [2.24, 2.45) is 0 Å². The van der Waals surface area contributed by atoms with Crippen molar-refractivity contribution < 1.29 is 4.42 Å². The number of nitrogens with one attached hydrogen (secondary N) is 1. The van der Waals surface area contributed by atoms with Crippen LogP contribution >= 0.6 is 23.1 Å². The van der Waals surface area contributed by atoms with E-state index in [9.17, 15) is 0 Å². The molecule has 0 aliphatic rings. The fraction of sp³-hybridized carbons (Fsp3) is 0.400. The second kappa shape index (κ2) is 6.03. The zero-order valence-electron chi connectivity index (χ0n) is 8.92. The van der Waals surface area contributed by atoms with Crippen LogP contribution in [0.15, 0.2) is 32.7 Å². The van der Waals surface area contributed by atoms with Gasteiger partial charge < -0.3 is 9.73 Å². The van der Waals surface area contributed by atoms with Crippen LogP contribution < -0.4 is 5.32 Å². The van der Waals surface area contributed by atoms with Crippen LogP contribution in [0.4, 0.5) is 0 Å². The van der Waals surface area contributed by atoms with E-state index < -0.39 is 0 Å². The van der Waals surface area contributed by atoms with Gasteiger partial charge >= 0.3 is 0 Å². The first kappa shape index (κ1) is 11.6. The second-order valence-corrected chi connectivity index (χ2v) is 5.86. The van der Waals surface area contributed by atoms with Gasteiger partial charge in [0.25, 0.3) is 0 Å². The molecule has 0 radical (unpaired) electrons. The summed E-state index contributed by atoms with van der Waals surface area (Å²) >= 11 is 3.32. The molecule has 0 fully saturated rings. The van der Waals surface area contributed by atoms with E-state index in [1.165, 1.54) is 0 Å². The second-order valence-electron chi connectivity index (χ2n) is 3.34. The van der Waals surface area contributed by atoms with Crippen LogP contribution in [-0.2, 0) is 6.54 Å². The average molecular weight is 255 g/mol. The highest BCUT2D eigenvalue weighted by atomic mass is 32.2. The Bertz CT molecular complexity index is 388. The molecule has 0 saturated carbocycles. The SMILES string of the molecule is CC(CNCc1ccco1)Sc1nncs1. The fourth-order valence-electron chi connectivity index (χ4n) is 1.24. The molecule has 6 heteroatoms. The highest BCUT2D eigenvalue weighted by Crippen LogP contribution is 2.23. The highest BCUT2D eigenvalue weighted by molar-refractivity contribution is 8.01. The molecule has 0 aliphatic carbocycles. The van der Waals surface area contributed by atoms with Crippen molar-refractivity contribution in [1.29, 1.82) is 0 Å². The molecular formula is C10H13N3OS2. The molecule has 0 aliphatic heterocycles. The number of thioether (sulfide) groups is 1. The lowest BCUT2D eigenvalue weighted by Gasteiger charge is -2.09. The molecule has 1 atom stereocenters. The van der Waals surface area contributed by atoms with Crippen molar-refractivity contribution in [2.75, 3.05) is 6.54 Å². The van der Waals surface area contributed by atoms with Crippen molar-refractivity contribution in [3.8, 4) is 0 Å². The summed E-state index contributed by atoms with van der Waals surface area (Å²) in [6.07, 6.45) is 1.69. The predicted molar refractivity (Wildman–Crippen MR) is 65.6 cm³/mol. The molecule has 0 amide bonds. The molecule has 2 aromatic rings. The van der Waals surface area contributed by atoms with E-state index in [1.807, 2.05) is 12.1 Å². The summed E-state index contributed by atoms with van der Waals surface area (Å²) in [7, 11) is 0. The Kier molecular flexibility index (Phi) is 4.38. The Morgan fingerprint density at radius 3 is 3.25 bits per heavy atom. The summed E-state index contributed by atoms with van der Waals surface area (Å²) in [6, 6.07) is 3.87. The van der Waals surface area contributed by atoms with Gasteiger partial charge in [-0.2, -0.15) is 0 Å². The van der Waals surface area contributed by atoms with Gasteiger partial charge in [-0.25, -0.2) is 0 Å². The minimum atomic E-state index is 0.475. The van der Waals surface area contributed by atoms with Gasteiger partial charge in [0.05, 0.1) is 12.8 Å². The van der Waals surface area contributed by atoms with Crippen LogP contribution in [0.2, 0.25) is 0 Å². The highest BCUT2D eigenvalue weighted by Gasteiger charge is 2.06. The fourth-order valence-corrected chi connectivity index (χ4v) is 3.00. The molecular weight excluding hydrogens is 242 g/mol. The molecule has 1 N–H and O–H groups in total. The summed E-state index contributed by atoms with van der Waals surface area (Å²) in [5, 5.41) is 11.6. The first-order valence-electron chi connectivity index (χ1n) is 5.00. The van der Waals surface area contributed by atoms with E-state index in [0.29, 0.717) is 5.25 Å². The van der Waals surface area contributed by atoms with Gasteiger partial charge in [0.15, 0.2) is 4.34 Å². The molecule has 16 heavy (non-hydrogen) atoms. The van der Waals surface area contributed by atoms with Gasteiger partial charge in [-0.15, -0.1) is 10.2 Å². The number of nitrogens with zero attached hydrogens (tertiary/aromatic N) is 2. The Morgan fingerprint density at radius 2 is 2.56 bits per heavy atom. The molecule has 0 bridgehead atoms. The van der Waals surface area contributed by atoms with Crippen molar-refractivity contribution in [2.45, 2.75) is 23.1 Å². The maximum absolute atomic E-state index is 5.23. The summed E-state index contributed by atoms with van der Waals surface area (Å²) in [6.45, 7) is 3.86. The molecule has 2 aromatic heterocycles. The quantitative estimate of drug-likeness (QED) is 0.803. The van der Waals surface area contributed by atoms with Gasteiger partial charge in [-0.3, -0.25) is 0 Å². The average Bonchev–Trinajstić information content (AvgIpc) is 2.90. The van der Waals surface area contributed by atoms with Crippen molar-refractivity contribution >= 4 is 23.1 Å². The minimum Gasteiger partial charge on any atom is -0.468 e. The van der Waals surface area contributed by atoms with Crippen LogP contribution in [0, 0.1) is 0 Å². The van der Waals surface area contributed by atoms with Crippen molar-refractivity contribution in [1.82, 2.24) is 15.5 Å². The third kappa shape index (κ3) is 3.62. The largest absolute Gasteiger partial charge is 0.468 e. The van der Waals surface area contributed by atoms with Crippen molar-refractivity contribution in [3.05, 3.63) is 29.7 Å². The zero-order valence-corrected chi connectivity index (χ0v) is 10.6. The van der Waals surface area contributed by atoms with Crippen LogP contribution in [0.3, 0.4) is 0 Å². The standard InChI is InChI=1S/C10H13N3OS2/c1-8(16-10-13-12-7-15-10)5-11-6-9-3-2-4-14-9/h2-4,7-8,11H,5-6H2,1H3. The number of furan rings is 1. The topological polar surface area (TPSA) is 51.0 Å². The van der Waals surface area contributed by atoms with E-state index in [2.05, 4.69) is 22.4 Å². The molecule has 0 saturated heterocycles. The first-order chi connectivity index (χ1) is 7.84. The predicted octanol–water partition coefficient (Wildman–Crippen LogP) is 2.40. The van der Waals surface area contributed by atoms with Gasteiger partial charge in [-0.1, -0.05) is 30.0 Å². The van der Waals surface area contributed by atoms with Gasteiger partial charge in [0, 0.05) is 11.8 Å². The molecule has 2 rings (SSSR count). The summed E-state index contributed by atoms with van der Waals surface area (Å²) in [4.78, 5) is 0. The lowest BCUT2D eigenvalue weighted by atomic mass is 10.4. The van der Waals surface area contributed by atoms with Gasteiger partial charge in [0.2, 0.25) is 0 Å². The van der Waals surface area contributed by atoms with Gasteiger partial charge in [-0.05, 0) is 12.1 Å². The molecule has 86 valence electrons. The van der Waals surface area contributed by atoms with Crippen molar-refractivity contribution in [3.63, 3.8) is 0 Å². The Hall–Kier alpha value is -0.850. The number of hydrogen-bond acceptors (Lipinski definition) is 6. The Balaban J connectivity index is 1.66. The third-order valence-electron chi connectivity index (χ3n) is 1.95. The zero-order chi connectivity index (χ0) is 11.2. The molecule has 0 spiro atoms. The number of aromatic nitrogens is 2. The minimum absolute atomic E-state index is 0.475. The van der Waals surface area contributed by atoms with E-state index in [1.54, 1.807) is 34.9 Å². The normalized spacial score (nSPS) is 12.8. The third-order valence-corrected chi connectivity index (χ3v) is 3.87.